The maximum absolute atomic E-state index is 10.2. The summed E-state index contributed by atoms with van der Waals surface area (Å²) < 4.78 is 9.05. The van der Waals surface area contributed by atoms with Gasteiger partial charge in [0, 0.05) is 21.1 Å². The molecule has 0 spiro atoms. The molecular weight excluding hydrogens is 131 g/mol. The molecule has 0 aromatic carbocycles. The van der Waals surface area contributed by atoms with Gasteiger partial charge in [-0.25, -0.2) is 4.79 Å². The normalized spacial score (nSPS) is 10.3. The second-order valence-corrected chi connectivity index (χ2v) is 1.66. The molecule has 56 valence electrons. The van der Waals surface area contributed by atoms with E-state index in [9.17, 15) is 4.79 Å². The Morgan fingerprint density at radius 3 is 1.80 bits per heavy atom. The molecule has 0 atom stereocenters. The fourth-order valence-electron chi connectivity index (χ4n) is 0.258. The van der Waals surface area contributed by atoms with Crippen molar-refractivity contribution in [3.63, 3.8) is 0 Å². The monoisotopic (exact) mass is 142 g/mol. The Morgan fingerprint density at radius 1 is 1.50 bits per heavy atom. The molecule has 0 saturated carbocycles. The summed E-state index contributed by atoms with van der Waals surface area (Å²) in [4.78, 5) is 10.2. The summed E-state index contributed by atoms with van der Waals surface area (Å²) in [6.07, 6.45) is 0. The number of carboxylic acid groups (broad SMARTS) is 1. The maximum atomic E-state index is 10.2. The molecule has 0 bridgehead atoms. The zero-order chi connectivity index (χ0) is 7.49. The van der Waals surface area contributed by atoms with Crippen molar-refractivity contribution < 1.29 is 39.7 Å². The summed E-state index contributed by atoms with van der Waals surface area (Å²) in [7, 11) is 2.55. The molecule has 0 aliphatic rings. The van der Waals surface area contributed by atoms with Crippen molar-refractivity contribution in [2.45, 2.75) is 12.7 Å². The van der Waals surface area contributed by atoms with E-state index in [1.165, 1.54) is 21.1 Å². The summed E-state index contributed by atoms with van der Waals surface area (Å²) in [6, 6.07) is 0. The van der Waals surface area contributed by atoms with Crippen molar-refractivity contribution in [2.24, 2.45) is 0 Å². The molecule has 1 N–H and O–H groups in total. The topological polar surface area (TPSA) is 55.8 Å². The predicted octanol–water partition coefficient (Wildman–Crippen LogP) is -2.80. The first-order chi connectivity index (χ1) is 4.06. The standard InChI is InChI=1S/C5H10O4.Li.H/c1-5(8-2,9-3)4(6)7;;/h1-3H3,(H,6,7);;/q;+1;-1. The summed E-state index contributed by atoms with van der Waals surface area (Å²) in [5.41, 5.74) is 0. The zero-order valence-electron chi connectivity index (χ0n) is 7.67. The molecule has 0 aromatic heterocycles. The minimum absolute atomic E-state index is 0. The molecule has 4 nitrogen and oxygen atoms in total. The summed E-state index contributed by atoms with van der Waals surface area (Å²) in [6.45, 7) is 1.33. The van der Waals surface area contributed by atoms with Crippen LogP contribution in [0.4, 0.5) is 0 Å². The quantitative estimate of drug-likeness (QED) is 0.341. The van der Waals surface area contributed by atoms with E-state index in [2.05, 4.69) is 9.47 Å². The molecular formula is C5H11LiO4. The average Bonchev–Trinajstić information content (AvgIpc) is 1.86. The molecule has 0 aliphatic carbocycles. The molecule has 0 heterocycles. The summed E-state index contributed by atoms with van der Waals surface area (Å²) >= 11 is 0. The number of methoxy groups -OCH3 is 2. The fraction of sp³-hybridized carbons (Fsp3) is 0.800. The minimum atomic E-state index is -1.50. The Morgan fingerprint density at radius 2 is 1.80 bits per heavy atom. The number of hydrogen-bond donors (Lipinski definition) is 1. The molecule has 0 fully saturated rings. The SMILES string of the molecule is COC(C)(OC)C(=O)O.[H-].[Li+]. The van der Waals surface area contributed by atoms with Gasteiger partial charge in [-0.1, -0.05) is 0 Å². The smallest absolute Gasteiger partial charge is 1.00 e. The van der Waals surface area contributed by atoms with Crippen molar-refractivity contribution in [1.82, 2.24) is 0 Å². The Labute approximate surface area is 73.2 Å². The van der Waals surface area contributed by atoms with Gasteiger partial charge in [-0.05, 0) is 0 Å². The second-order valence-electron chi connectivity index (χ2n) is 1.66. The van der Waals surface area contributed by atoms with Gasteiger partial charge < -0.3 is 16.0 Å². The van der Waals surface area contributed by atoms with Crippen LogP contribution in [0.1, 0.15) is 8.35 Å². The Bertz CT molecular complexity index is 115. The maximum Gasteiger partial charge on any atom is 1.00 e. The van der Waals surface area contributed by atoms with Crippen molar-refractivity contribution >= 4 is 5.97 Å². The third-order valence-corrected chi connectivity index (χ3v) is 1.17. The van der Waals surface area contributed by atoms with Crippen LogP contribution < -0.4 is 18.9 Å². The Balaban J connectivity index is -0.000000320. The molecule has 5 heteroatoms. The third kappa shape index (κ3) is 2.71. The van der Waals surface area contributed by atoms with Crippen LogP contribution in [-0.4, -0.2) is 31.1 Å². The van der Waals surface area contributed by atoms with E-state index in [1.54, 1.807) is 0 Å². The van der Waals surface area contributed by atoms with Gasteiger partial charge >= 0.3 is 24.8 Å². The van der Waals surface area contributed by atoms with E-state index in [-0.39, 0.29) is 20.3 Å². The first-order valence-corrected chi connectivity index (χ1v) is 2.40. The van der Waals surface area contributed by atoms with Crippen LogP contribution in [0.15, 0.2) is 0 Å². The van der Waals surface area contributed by atoms with Gasteiger partial charge in [0.05, 0.1) is 0 Å². The molecule has 0 aromatic rings. The van der Waals surface area contributed by atoms with Gasteiger partial charge in [-0.15, -0.1) is 0 Å². The number of carboxylic acids is 1. The minimum Gasteiger partial charge on any atom is -1.00 e. The molecule has 0 radical (unpaired) electrons. The van der Waals surface area contributed by atoms with E-state index in [0.29, 0.717) is 0 Å². The fourth-order valence-corrected chi connectivity index (χ4v) is 0.258. The van der Waals surface area contributed by atoms with Gasteiger partial charge in [0.1, 0.15) is 0 Å². The first kappa shape index (κ1) is 12.6. The van der Waals surface area contributed by atoms with E-state index < -0.39 is 11.8 Å². The third-order valence-electron chi connectivity index (χ3n) is 1.17. The van der Waals surface area contributed by atoms with Gasteiger partial charge in [0.25, 0.3) is 5.79 Å². The summed E-state index contributed by atoms with van der Waals surface area (Å²) in [5, 5.41) is 8.38. The van der Waals surface area contributed by atoms with Gasteiger partial charge in [0.2, 0.25) is 0 Å². The van der Waals surface area contributed by atoms with E-state index in [4.69, 9.17) is 5.11 Å². The van der Waals surface area contributed by atoms with Crippen molar-refractivity contribution in [2.75, 3.05) is 14.2 Å². The number of aliphatic carboxylic acids is 1. The van der Waals surface area contributed by atoms with Gasteiger partial charge in [0.15, 0.2) is 0 Å². The summed E-state index contributed by atoms with van der Waals surface area (Å²) in [5.74, 6) is -2.63. The van der Waals surface area contributed by atoms with Crippen LogP contribution in [0.3, 0.4) is 0 Å². The molecule has 0 unspecified atom stereocenters. The van der Waals surface area contributed by atoms with Gasteiger partial charge in [-0.3, -0.25) is 0 Å². The largest absolute Gasteiger partial charge is 1.00 e. The molecule has 0 rings (SSSR count). The zero-order valence-corrected chi connectivity index (χ0v) is 6.67. The number of ether oxygens (including phenoxy) is 2. The van der Waals surface area contributed by atoms with E-state index in [1.807, 2.05) is 0 Å². The average molecular weight is 142 g/mol. The van der Waals surface area contributed by atoms with E-state index >= 15 is 0 Å². The van der Waals surface area contributed by atoms with Crippen LogP contribution in [0.5, 0.6) is 0 Å². The van der Waals surface area contributed by atoms with Crippen molar-refractivity contribution in [3.8, 4) is 0 Å². The van der Waals surface area contributed by atoms with Crippen molar-refractivity contribution in [3.05, 3.63) is 0 Å². The second kappa shape index (κ2) is 4.75. The first-order valence-electron chi connectivity index (χ1n) is 2.40. The van der Waals surface area contributed by atoms with Crippen LogP contribution in [0, 0.1) is 0 Å². The predicted molar refractivity (Wildman–Crippen MR) is 31.2 cm³/mol. The van der Waals surface area contributed by atoms with E-state index in [0.717, 1.165) is 0 Å². The number of rotatable bonds is 3. The molecule has 0 saturated heterocycles. The van der Waals surface area contributed by atoms with Crippen LogP contribution in [0.2, 0.25) is 0 Å². The number of carbonyl (C=O) groups is 1. The van der Waals surface area contributed by atoms with Crippen LogP contribution in [0.25, 0.3) is 0 Å². The molecule has 0 aliphatic heterocycles. The van der Waals surface area contributed by atoms with Crippen molar-refractivity contribution in [1.29, 1.82) is 0 Å². The Hall–Kier alpha value is -0.0126. The molecule has 0 amide bonds. The molecule has 10 heavy (non-hydrogen) atoms. The Kier molecular flexibility index (Phi) is 6.01. The van der Waals surface area contributed by atoms with Gasteiger partial charge in [-0.2, -0.15) is 0 Å². The van der Waals surface area contributed by atoms with Crippen LogP contribution in [-0.2, 0) is 14.3 Å². The van der Waals surface area contributed by atoms with Crippen LogP contribution >= 0.6 is 0 Å². The number of hydrogen-bond acceptors (Lipinski definition) is 3.